The van der Waals surface area contributed by atoms with Crippen molar-refractivity contribution in [2.45, 2.75) is 25.8 Å². The monoisotopic (exact) mass is 379 g/mol. The van der Waals surface area contributed by atoms with Gasteiger partial charge in [-0.15, -0.1) is 0 Å². The highest BCUT2D eigenvalue weighted by atomic mass is 32.2. The van der Waals surface area contributed by atoms with Crippen molar-refractivity contribution in [3.05, 3.63) is 77.6 Å². The lowest BCUT2D eigenvalue weighted by Crippen LogP contribution is -2.09. The van der Waals surface area contributed by atoms with Gasteiger partial charge in [0.1, 0.15) is 5.82 Å². The van der Waals surface area contributed by atoms with E-state index in [9.17, 15) is 8.42 Å². The van der Waals surface area contributed by atoms with Crippen LogP contribution in [0.1, 0.15) is 24.2 Å². The van der Waals surface area contributed by atoms with Crippen molar-refractivity contribution in [1.29, 1.82) is 0 Å². The van der Waals surface area contributed by atoms with Gasteiger partial charge in [0.05, 0.1) is 16.8 Å². The Morgan fingerprint density at radius 1 is 1.00 bits per heavy atom. The third-order valence-corrected chi connectivity index (χ3v) is 5.60. The zero-order chi connectivity index (χ0) is 18.7. The molecule has 2 aromatic carbocycles. The Balaban J connectivity index is 1.61. The summed E-state index contributed by atoms with van der Waals surface area (Å²) in [6.45, 7) is 0.968. The number of hydrogen-bond donors (Lipinski definition) is 1. The maximum Gasteiger partial charge on any atom is 0.255 e. The van der Waals surface area contributed by atoms with Crippen molar-refractivity contribution in [2.75, 3.05) is 4.72 Å². The van der Waals surface area contributed by atoms with Gasteiger partial charge in [-0.25, -0.2) is 13.4 Å². The molecule has 0 saturated heterocycles. The lowest BCUT2D eigenvalue weighted by molar-refractivity contribution is 0.522. The molecular formula is C21H21N3O2S. The number of aromatic nitrogens is 2. The van der Waals surface area contributed by atoms with E-state index in [1.54, 1.807) is 12.1 Å². The number of benzene rings is 2. The van der Waals surface area contributed by atoms with E-state index in [1.807, 2.05) is 54.7 Å². The van der Waals surface area contributed by atoms with E-state index in [0.29, 0.717) is 5.69 Å². The molecule has 0 atom stereocenters. The number of fused-ring (bicyclic) bond motifs is 1. The number of nitrogens with one attached hydrogen (secondary N) is 1. The van der Waals surface area contributed by atoms with Crippen LogP contribution in [0.5, 0.6) is 0 Å². The molecule has 0 aliphatic carbocycles. The van der Waals surface area contributed by atoms with E-state index < -0.39 is 10.0 Å². The van der Waals surface area contributed by atoms with E-state index in [1.165, 1.54) is 5.41 Å². The van der Waals surface area contributed by atoms with Crippen LogP contribution in [-0.4, -0.2) is 18.0 Å². The minimum Gasteiger partial charge on any atom is -0.334 e. The number of imidazole rings is 1. The molecule has 0 spiro atoms. The quantitative estimate of drug-likeness (QED) is 0.719. The molecule has 0 saturated carbocycles. The second-order valence-electron chi connectivity index (χ2n) is 6.60. The number of aryl methyl sites for hydroxylation is 2. The first-order chi connectivity index (χ1) is 13.1. The Labute approximate surface area is 159 Å². The average molecular weight is 379 g/mol. The highest BCUT2D eigenvalue weighted by Crippen LogP contribution is 2.29. The van der Waals surface area contributed by atoms with Crippen LogP contribution in [0.2, 0.25) is 0 Å². The van der Waals surface area contributed by atoms with Crippen molar-refractivity contribution in [3.63, 3.8) is 0 Å². The van der Waals surface area contributed by atoms with E-state index in [0.717, 1.165) is 48.5 Å². The number of sulfonamides is 1. The molecule has 1 aliphatic heterocycles. The second-order valence-corrected chi connectivity index (χ2v) is 8.17. The zero-order valence-corrected chi connectivity index (χ0v) is 15.7. The largest absolute Gasteiger partial charge is 0.334 e. The first-order valence-corrected chi connectivity index (χ1v) is 10.6. The van der Waals surface area contributed by atoms with Gasteiger partial charge in [-0.05, 0) is 30.5 Å². The van der Waals surface area contributed by atoms with Gasteiger partial charge in [0.2, 0.25) is 0 Å². The molecular weight excluding hydrogens is 358 g/mol. The molecule has 2 heterocycles. The van der Waals surface area contributed by atoms with Gasteiger partial charge < -0.3 is 4.57 Å². The summed E-state index contributed by atoms with van der Waals surface area (Å²) in [5, 5.41) is 1.19. The number of nitrogens with zero attached hydrogens (tertiary/aromatic N) is 2. The van der Waals surface area contributed by atoms with Crippen LogP contribution in [-0.2, 0) is 23.0 Å². The summed E-state index contributed by atoms with van der Waals surface area (Å²) in [4.78, 5) is 4.72. The molecule has 0 fully saturated rings. The highest BCUT2D eigenvalue weighted by molar-refractivity contribution is 7.95. The highest BCUT2D eigenvalue weighted by Gasteiger charge is 2.16. The van der Waals surface area contributed by atoms with Crippen LogP contribution in [0.15, 0.2) is 66.2 Å². The van der Waals surface area contributed by atoms with Gasteiger partial charge in [0.15, 0.2) is 0 Å². The van der Waals surface area contributed by atoms with Crippen LogP contribution in [0.25, 0.3) is 17.3 Å². The number of rotatable bonds is 5. The van der Waals surface area contributed by atoms with E-state index >= 15 is 0 Å². The van der Waals surface area contributed by atoms with E-state index in [4.69, 9.17) is 4.98 Å². The first kappa shape index (κ1) is 17.5. The zero-order valence-electron chi connectivity index (χ0n) is 14.9. The Morgan fingerprint density at radius 3 is 2.59 bits per heavy atom. The standard InChI is InChI=1S/C21H21N3O2S/c25-27(26,15-13-17-8-2-1-3-9-17)23-19-11-5-4-10-18(19)20-16-24-14-7-6-12-21(24)22-20/h1-5,8-11,13,15-16,23H,6-7,12,14H2/b15-13+. The normalized spacial score (nSPS) is 14.2. The van der Waals surface area contributed by atoms with Gasteiger partial charge >= 0.3 is 0 Å². The fourth-order valence-electron chi connectivity index (χ4n) is 3.26. The maximum atomic E-state index is 12.5. The third kappa shape index (κ3) is 4.11. The van der Waals surface area contributed by atoms with Crippen LogP contribution in [0.4, 0.5) is 5.69 Å². The lowest BCUT2D eigenvalue weighted by atomic mass is 10.1. The van der Waals surface area contributed by atoms with Crippen LogP contribution in [0.3, 0.4) is 0 Å². The molecule has 138 valence electrons. The molecule has 0 unspecified atom stereocenters. The van der Waals surface area contributed by atoms with Crippen molar-refractivity contribution in [1.82, 2.24) is 9.55 Å². The Kier molecular flexibility index (Phi) is 4.81. The molecule has 5 nitrogen and oxygen atoms in total. The molecule has 1 aliphatic rings. The minimum absolute atomic E-state index is 0.533. The third-order valence-electron chi connectivity index (χ3n) is 4.60. The second kappa shape index (κ2) is 7.40. The predicted molar refractivity (Wildman–Crippen MR) is 109 cm³/mol. The SMILES string of the molecule is O=S(=O)(/C=C/c1ccccc1)Nc1ccccc1-c1cn2c(n1)CCCC2. The Bertz CT molecular complexity index is 1050. The summed E-state index contributed by atoms with van der Waals surface area (Å²) in [7, 11) is -3.63. The number of hydrogen-bond acceptors (Lipinski definition) is 3. The molecule has 0 amide bonds. The molecule has 6 heteroatoms. The van der Waals surface area contributed by atoms with Crippen molar-refractivity contribution in [3.8, 4) is 11.3 Å². The fourth-order valence-corrected chi connectivity index (χ4v) is 4.15. The Hall–Kier alpha value is -2.86. The molecule has 0 radical (unpaired) electrons. The van der Waals surface area contributed by atoms with Gasteiger partial charge in [-0.1, -0.05) is 48.5 Å². The molecule has 27 heavy (non-hydrogen) atoms. The van der Waals surface area contributed by atoms with Crippen LogP contribution >= 0.6 is 0 Å². The summed E-state index contributed by atoms with van der Waals surface area (Å²) < 4.78 is 29.9. The first-order valence-electron chi connectivity index (χ1n) is 9.02. The van der Waals surface area contributed by atoms with Gasteiger partial charge in [-0.2, -0.15) is 0 Å². The maximum absolute atomic E-state index is 12.5. The van der Waals surface area contributed by atoms with Gasteiger partial charge in [-0.3, -0.25) is 4.72 Å². The molecule has 1 aromatic heterocycles. The summed E-state index contributed by atoms with van der Waals surface area (Å²) >= 11 is 0. The smallest absolute Gasteiger partial charge is 0.255 e. The lowest BCUT2D eigenvalue weighted by Gasteiger charge is -2.11. The summed E-state index contributed by atoms with van der Waals surface area (Å²) in [5.74, 6) is 1.07. The Morgan fingerprint density at radius 2 is 1.78 bits per heavy atom. The minimum atomic E-state index is -3.63. The fraction of sp³-hybridized carbons (Fsp3) is 0.190. The van der Waals surface area contributed by atoms with Crippen molar-refractivity contribution < 1.29 is 8.42 Å². The van der Waals surface area contributed by atoms with Gasteiger partial charge in [0, 0.05) is 24.7 Å². The van der Waals surface area contributed by atoms with E-state index in [-0.39, 0.29) is 0 Å². The van der Waals surface area contributed by atoms with Gasteiger partial charge in [0.25, 0.3) is 10.0 Å². The molecule has 3 aromatic rings. The molecule has 1 N–H and O–H groups in total. The van der Waals surface area contributed by atoms with Crippen LogP contribution < -0.4 is 4.72 Å². The summed E-state index contributed by atoms with van der Waals surface area (Å²) in [5.41, 5.74) is 2.96. The van der Waals surface area contributed by atoms with Crippen molar-refractivity contribution in [2.24, 2.45) is 0 Å². The van der Waals surface area contributed by atoms with Crippen LogP contribution in [0, 0.1) is 0 Å². The predicted octanol–water partition coefficient (Wildman–Crippen LogP) is 4.30. The topological polar surface area (TPSA) is 64.0 Å². The summed E-state index contributed by atoms with van der Waals surface area (Å²) in [6, 6.07) is 16.7. The number of anilines is 1. The molecule has 4 rings (SSSR count). The summed E-state index contributed by atoms with van der Waals surface area (Å²) in [6.07, 6.45) is 6.87. The van der Waals surface area contributed by atoms with Crippen molar-refractivity contribution >= 4 is 21.8 Å². The average Bonchev–Trinajstić information content (AvgIpc) is 3.11. The number of para-hydroxylation sites is 1. The van der Waals surface area contributed by atoms with E-state index in [2.05, 4.69) is 9.29 Å². The molecule has 0 bridgehead atoms.